The van der Waals surface area contributed by atoms with E-state index in [1.54, 1.807) is 0 Å². The van der Waals surface area contributed by atoms with Gasteiger partial charge in [0.1, 0.15) is 10.7 Å². The van der Waals surface area contributed by atoms with Gasteiger partial charge in [-0.25, -0.2) is 9.78 Å². The van der Waals surface area contributed by atoms with Crippen LogP contribution in [0.1, 0.15) is 69.1 Å². The van der Waals surface area contributed by atoms with E-state index in [-0.39, 0.29) is 16.6 Å². The van der Waals surface area contributed by atoms with Crippen molar-refractivity contribution < 1.29 is 19.8 Å². The molecule has 2 aromatic carbocycles. The van der Waals surface area contributed by atoms with E-state index in [4.69, 9.17) is 5.11 Å². The molecule has 1 heterocycles. The summed E-state index contributed by atoms with van der Waals surface area (Å²) >= 11 is 1.22. The van der Waals surface area contributed by atoms with Crippen LogP contribution in [-0.4, -0.2) is 26.9 Å². The number of carbonyl (C=O) groups is 2. The van der Waals surface area contributed by atoms with Crippen molar-refractivity contribution in [1.82, 2.24) is 4.98 Å². The maximum absolute atomic E-state index is 12.6. The van der Waals surface area contributed by atoms with Gasteiger partial charge in [0, 0.05) is 18.8 Å². The number of rotatable bonds is 9. The summed E-state index contributed by atoms with van der Waals surface area (Å²) < 4.78 is 0. The van der Waals surface area contributed by atoms with Crippen molar-refractivity contribution in [3.63, 3.8) is 0 Å². The molecule has 0 spiro atoms. The number of benzene rings is 2. The van der Waals surface area contributed by atoms with Gasteiger partial charge in [-0.05, 0) is 48.3 Å². The van der Waals surface area contributed by atoms with Crippen LogP contribution in [0.25, 0.3) is 0 Å². The maximum Gasteiger partial charge on any atom is 0.347 e. The molecule has 1 saturated carbocycles. The molecule has 1 aromatic heterocycles. The lowest BCUT2D eigenvalue weighted by atomic mass is 9.84. The number of carbonyl (C=O) groups excluding carboxylic acids is 1. The second-order valence-corrected chi connectivity index (χ2v) is 9.55. The highest BCUT2D eigenvalue weighted by molar-refractivity contribution is 7.13. The van der Waals surface area contributed by atoms with Crippen molar-refractivity contribution in [1.29, 1.82) is 0 Å². The normalized spacial score (nSPS) is 19.2. The zero-order valence-electron chi connectivity index (χ0n) is 17.8. The predicted octanol–water partition coefficient (Wildman–Crippen LogP) is 5.20. The van der Waals surface area contributed by atoms with Gasteiger partial charge < -0.3 is 10.2 Å². The molecule has 6 heteroatoms. The minimum atomic E-state index is -0.937. The molecule has 1 aliphatic carbocycles. The highest BCUT2D eigenvalue weighted by Crippen LogP contribution is 2.40. The molecule has 0 bridgehead atoms. The highest BCUT2D eigenvalue weighted by Gasteiger charge is 2.35. The number of ketones is 1. The van der Waals surface area contributed by atoms with Crippen molar-refractivity contribution >= 4 is 23.1 Å². The Hall–Kier alpha value is -2.83. The van der Waals surface area contributed by atoms with Gasteiger partial charge in [-0.1, -0.05) is 54.6 Å². The van der Waals surface area contributed by atoms with E-state index in [0.29, 0.717) is 18.8 Å². The minimum absolute atomic E-state index is 0.0961. The summed E-state index contributed by atoms with van der Waals surface area (Å²) in [7, 11) is 0. The molecule has 2 N–H and O–H groups in total. The van der Waals surface area contributed by atoms with Crippen LogP contribution in [0.2, 0.25) is 0 Å². The number of aliphatic hydroxyl groups excluding tert-OH is 1. The van der Waals surface area contributed by atoms with E-state index < -0.39 is 12.1 Å². The number of aryl methyl sites for hydroxylation is 1. The Balaban J connectivity index is 1.36. The lowest BCUT2D eigenvalue weighted by Gasteiger charge is -2.19. The van der Waals surface area contributed by atoms with Crippen molar-refractivity contribution in [2.24, 2.45) is 5.92 Å². The lowest BCUT2D eigenvalue weighted by molar-refractivity contribution is -0.119. The maximum atomic E-state index is 12.6. The number of carboxylic acids is 1. The van der Waals surface area contributed by atoms with Crippen molar-refractivity contribution in [2.75, 3.05) is 0 Å². The van der Waals surface area contributed by atoms with Gasteiger partial charge in [-0.15, -0.1) is 11.3 Å². The van der Waals surface area contributed by atoms with Crippen LogP contribution in [0.15, 0.2) is 60.8 Å². The fourth-order valence-corrected chi connectivity index (χ4v) is 5.40. The van der Waals surface area contributed by atoms with E-state index >= 15 is 0 Å². The second-order valence-electron chi connectivity index (χ2n) is 8.43. The summed E-state index contributed by atoms with van der Waals surface area (Å²) in [4.78, 5) is 28.1. The number of nitrogens with zero attached hydrogens (tertiary/aromatic N) is 1. The third kappa shape index (κ3) is 5.31. The molecule has 1 fully saturated rings. The standard InChI is InChI=1S/C26H27NO4S/c28-21-14-13-19(7-4-8-24-27-16-23(32-24)26(30)31)25(21)20-11-9-18(10-12-20)22(29)15-17-5-2-1-3-6-17/h1-3,5-6,9-12,16,19,22,25,29H,4,7-8,13-15H2,(H,30,31). The molecular formula is C26H27NO4S. The fraction of sp³-hybridized carbons (Fsp3) is 0.346. The van der Waals surface area contributed by atoms with Gasteiger partial charge in [0.15, 0.2) is 0 Å². The molecular weight excluding hydrogens is 422 g/mol. The van der Waals surface area contributed by atoms with Crippen molar-refractivity contribution in [3.8, 4) is 0 Å². The van der Waals surface area contributed by atoms with Crippen LogP contribution >= 0.6 is 11.3 Å². The first kappa shape index (κ1) is 22.4. The molecule has 32 heavy (non-hydrogen) atoms. The average Bonchev–Trinajstić information content (AvgIpc) is 3.42. The predicted molar refractivity (Wildman–Crippen MR) is 124 cm³/mol. The molecule has 3 atom stereocenters. The van der Waals surface area contributed by atoms with Crippen LogP contribution in [0.5, 0.6) is 0 Å². The third-order valence-electron chi connectivity index (χ3n) is 6.26. The van der Waals surface area contributed by atoms with E-state index in [9.17, 15) is 14.7 Å². The summed E-state index contributed by atoms with van der Waals surface area (Å²) in [5.41, 5.74) is 2.97. The third-order valence-corrected chi connectivity index (χ3v) is 7.31. The molecule has 166 valence electrons. The molecule has 5 nitrogen and oxygen atoms in total. The first-order chi connectivity index (χ1) is 15.5. The number of carboxylic acid groups (broad SMARTS) is 1. The number of aromatic carboxylic acids is 1. The number of thiazole rings is 1. The van der Waals surface area contributed by atoms with Crippen LogP contribution < -0.4 is 0 Å². The first-order valence-corrected chi connectivity index (χ1v) is 11.9. The monoisotopic (exact) mass is 449 g/mol. The summed E-state index contributed by atoms with van der Waals surface area (Å²) in [5, 5.41) is 20.5. The Kier molecular flexibility index (Phi) is 7.12. The van der Waals surface area contributed by atoms with Crippen molar-refractivity contribution in [3.05, 3.63) is 87.4 Å². The Bertz CT molecular complexity index is 1060. The van der Waals surface area contributed by atoms with Crippen LogP contribution in [0, 0.1) is 5.92 Å². The Labute approximate surface area is 191 Å². The molecule has 3 aromatic rings. The zero-order chi connectivity index (χ0) is 22.5. The molecule has 0 amide bonds. The van der Waals surface area contributed by atoms with E-state index in [1.165, 1.54) is 17.5 Å². The Morgan fingerprint density at radius 2 is 1.88 bits per heavy atom. The lowest BCUT2D eigenvalue weighted by Crippen LogP contribution is -2.13. The second kappa shape index (κ2) is 10.2. The number of hydrogen-bond donors (Lipinski definition) is 2. The highest BCUT2D eigenvalue weighted by atomic mass is 32.1. The van der Waals surface area contributed by atoms with Crippen molar-refractivity contribution in [2.45, 2.75) is 50.5 Å². The van der Waals surface area contributed by atoms with Gasteiger partial charge in [0.2, 0.25) is 0 Å². The largest absolute Gasteiger partial charge is 0.477 e. The molecule has 0 radical (unpaired) electrons. The summed E-state index contributed by atoms with van der Waals surface area (Å²) in [6, 6.07) is 17.8. The number of Topliss-reactive ketones (excluding diaryl/α,β-unsaturated/α-hetero) is 1. The van der Waals surface area contributed by atoms with Crippen LogP contribution in [0.4, 0.5) is 0 Å². The Morgan fingerprint density at radius 1 is 1.12 bits per heavy atom. The van der Waals surface area contributed by atoms with Crippen LogP contribution in [-0.2, 0) is 17.6 Å². The SMILES string of the molecule is O=C(O)c1cnc(CCCC2CCC(=O)C2c2ccc(C(O)Cc3ccccc3)cc2)s1. The number of hydrogen-bond acceptors (Lipinski definition) is 5. The molecule has 0 aliphatic heterocycles. The summed E-state index contributed by atoms with van der Waals surface area (Å²) in [5.74, 6) is -0.453. The molecule has 1 aliphatic rings. The summed E-state index contributed by atoms with van der Waals surface area (Å²) in [6.45, 7) is 0. The van der Waals surface area contributed by atoms with E-state index in [2.05, 4.69) is 4.98 Å². The van der Waals surface area contributed by atoms with Gasteiger partial charge in [-0.2, -0.15) is 0 Å². The van der Waals surface area contributed by atoms with Gasteiger partial charge in [-0.3, -0.25) is 4.79 Å². The minimum Gasteiger partial charge on any atom is -0.477 e. The average molecular weight is 450 g/mol. The first-order valence-electron chi connectivity index (χ1n) is 11.0. The number of aliphatic hydroxyl groups is 1. The van der Waals surface area contributed by atoms with E-state index in [1.807, 2.05) is 54.6 Å². The topological polar surface area (TPSA) is 87.5 Å². The Morgan fingerprint density at radius 3 is 2.56 bits per heavy atom. The molecule has 4 rings (SSSR count). The molecule has 3 unspecified atom stereocenters. The summed E-state index contributed by atoms with van der Waals surface area (Å²) in [6.07, 6.45) is 5.43. The molecule has 0 saturated heterocycles. The quantitative estimate of drug-likeness (QED) is 0.469. The fourth-order valence-electron chi connectivity index (χ4n) is 4.60. The van der Waals surface area contributed by atoms with Gasteiger partial charge in [0.05, 0.1) is 17.3 Å². The van der Waals surface area contributed by atoms with Gasteiger partial charge in [0.25, 0.3) is 0 Å². The smallest absolute Gasteiger partial charge is 0.347 e. The number of aromatic nitrogens is 1. The van der Waals surface area contributed by atoms with E-state index in [0.717, 1.165) is 47.4 Å². The van der Waals surface area contributed by atoms with Gasteiger partial charge >= 0.3 is 5.97 Å². The van der Waals surface area contributed by atoms with Crippen LogP contribution in [0.3, 0.4) is 0 Å². The zero-order valence-corrected chi connectivity index (χ0v) is 18.6.